The minimum absolute atomic E-state index is 0.192. The number of carbonyl (C=O) groups excluding carboxylic acids is 3. The fraction of sp³-hybridized carbons (Fsp3) is 0.750. The summed E-state index contributed by atoms with van der Waals surface area (Å²) in [6.45, 7) is 16.7. The molecular weight excluding hydrogens is 1380 g/mol. The number of amides is 3. The highest BCUT2D eigenvalue weighted by Crippen LogP contribution is 2.34. The van der Waals surface area contributed by atoms with E-state index in [1.165, 1.54) is 289 Å². The van der Waals surface area contributed by atoms with Crippen LogP contribution in [0.25, 0.3) is 0 Å². The first-order chi connectivity index (χ1) is 54.7. The van der Waals surface area contributed by atoms with Gasteiger partial charge in [-0.2, -0.15) is 15.0 Å². The third kappa shape index (κ3) is 50.0. The molecule has 0 aliphatic carbocycles. The van der Waals surface area contributed by atoms with E-state index in [4.69, 9.17) is 28.4 Å². The number of rotatable bonds is 78. The summed E-state index contributed by atoms with van der Waals surface area (Å²) in [5, 5.41) is 8.64. The maximum atomic E-state index is 14.6. The molecule has 0 aliphatic rings. The number of hydrogen-bond donors (Lipinski definition) is 3. The summed E-state index contributed by atoms with van der Waals surface area (Å²) in [7, 11) is 0. The van der Waals surface area contributed by atoms with E-state index in [0.717, 1.165) is 96.3 Å². The van der Waals surface area contributed by atoms with E-state index in [-0.39, 0.29) is 34.5 Å². The number of nitrogens with one attached hydrogen (secondary N) is 3. The number of aromatic nitrogens is 3. The Morgan fingerprint density at radius 2 is 0.351 bits per heavy atom. The van der Waals surface area contributed by atoms with E-state index in [2.05, 4.69) is 72.4 Å². The van der Waals surface area contributed by atoms with Gasteiger partial charge in [-0.15, -0.1) is 0 Å². The SMILES string of the molecule is CCCCCCCCCCCCOc1ccc(C(=O)Nc2nc(NC(=O)c3ccc(OCCCCCCCCCCCC)c(OCCCCCCCCCCCC)c3)nc(NC(=O)c3ccc(OCCCCCCCCCCCC)c(OCCCCCCCCCCCC)c3)n2)cc1OCCCCCCCCCCCC. The monoisotopic (exact) mass is 1540 g/mol. The lowest BCUT2D eigenvalue weighted by molar-refractivity contribution is 0.101. The van der Waals surface area contributed by atoms with E-state index in [9.17, 15) is 14.4 Å². The summed E-state index contributed by atoms with van der Waals surface area (Å²) >= 11 is 0. The van der Waals surface area contributed by atoms with Crippen molar-refractivity contribution in [2.45, 2.75) is 427 Å². The smallest absolute Gasteiger partial charge is 0.258 e. The Labute approximate surface area is 677 Å². The van der Waals surface area contributed by atoms with Gasteiger partial charge in [0.1, 0.15) is 0 Å². The first-order valence-corrected chi connectivity index (χ1v) is 46.6. The highest BCUT2D eigenvalue weighted by molar-refractivity contribution is 6.06. The van der Waals surface area contributed by atoms with Crippen LogP contribution in [0.2, 0.25) is 0 Å². The molecule has 0 saturated heterocycles. The average Bonchev–Trinajstić information content (AvgIpc) is 0.828. The van der Waals surface area contributed by atoms with Gasteiger partial charge in [0.05, 0.1) is 39.6 Å². The first-order valence-electron chi connectivity index (χ1n) is 46.6. The molecule has 0 bridgehead atoms. The molecule has 0 atom stereocenters. The van der Waals surface area contributed by atoms with Gasteiger partial charge in [0.25, 0.3) is 17.7 Å². The predicted molar refractivity (Wildman–Crippen MR) is 467 cm³/mol. The second-order valence-corrected chi connectivity index (χ2v) is 31.8. The van der Waals surface area contributed by atoms with Crippen molar-refractivity contribution in [1.29, 1.82) is 0 Å². The number of ether oxygens (including phenoxy) is 6. The van der Waals surface area contributed by atoms with Crippen molar-refractivity contribution in [2.75, 3.05) is 55.6 Å². The summed E-state index contributed by atoms with van der Waals surface area (Å²) in [6, 6.07) is 15.7. The lowest BCUT2D eigenvalue weighted by Gasteiger charge is -2.16. The molecule has 0 aliphatic heterocycles. The van der Waals surface area contributed by atoms with Gasteiger partial charge in [0.15, 0.2) is 34.5 Å². The van der Waals surface area contributed by atoms with Crippen LogP contribution < -0.4 is 44.4 Å². The molecule has 3 amide bonds. The molecule has 3 N–H and O–H groups in total. The van der Waals surface area contributed by atoms with Crippen molar-refractivity contribution in [3.63, 3.8) is 0 Å². The van der Waals surface area contributed by atoms with Crippen LogP contribution in [0, 0.1) is 0 Å². The zero-order valence-electron chi connectivity index (χ0n) is 71.9. The van der Waals surface area contributed by atoms with Gasteiger partial charge in [-0.25, -0.2) is 0 Å². The Bertz CT molecular complexity index is 2590. The molecule has 630 valence electrons. The summed E-state index contributed by atoms with van der Waals surface area (Å²) in [5.74, 6) is 1.07. The molecule has 1 heterocycles. The van der Waals surface area contributed by atoms with Crippen LogP contribution in [0.4, 0.5) is 17.8 Å². The summed E-state index contributed by atoms with van der Waals surface area (Å²) in [4.78, 5) is 57.8. The van der Waals surface area contributed by atoms with Gasteiger partial charge < -0.3 is 28.4 Å². The highest BCUT2D eigenvalue weighted by atomic mass is 16.5. The molecule has 111 heavy (non-hydrogen) atoms. The van der Waals surface area contributed by atoms with Gasteiger partial charge in [-0.1, -0.05) is 388 Å². The van der Waals surface area contributed by atoms with E-state index in [0.29, 0.717) is 74.1 Å². The molecule has 4 rings (SSSR count). The molecule has 0 saturated carbocycles. The van der Waals surface area contributed by atoms with Crippen molar-refractivity contribution in [3.8, 4) is 34.5 Å². The van der Waals surface area contributed by atoms with Crippen LogP contribution in [-0.2, 0) is 0 Å². The number of nitrogens with zero attached hydrogens (tertiary/aromatic N) is 3. The van der Waals surface area contributed by atoms with Crippen LogP contribution in [-0.4, -0.2) is 72.3 Å². The van der Waals surface area contributed by atoms with E-state index in [1.54, 1.807) is 54.6 Å². The average molecular weight is 1540 g/mol. The topological polar surface area (TPSA) is 181 Å². The molecular formula is C96H162N6O9. The Morgan fingerprint density at radius 3 is 0.514 bits per heavy atom. The van der Waals surface area contributed by atoms with Crippen molar-refractivity contribution in [3.05, 3.63) is 71.3 Å². The lowest BCUT2D eigenvalue weighted by Crippen LogP contribution is -2.21. The number of hydrogen-bond acceptors (Lipinski definition) is 12. The number of anilines is 3. The van der Waals surface area contributed by atoms with Gasteiger partial charge in [0.2, 0.25) is 17.8 Å². The largest absolute Gasteiger partial charge is 0.490 e. The predicted octanol–water partition coefficient (Wildman–Crippen LogP) is 29.4. The maximum absolute atomic E-state index is 14.6. The zero-order chi connectivity index (χ0) is 79.2. The normalized spacial score (nSPS) is 11.3. The Kier molecular flexibility index (Phi) is 60.8. The highest BCUT2D eigenvalue weighted by Gasteiger charge is 2.21. The minimum atomic E-state index is -0.532. The molecule has 1 aromatic heterocycles. The fourth-order valence-electron chi connectivity index (χ4n) is 14.3. The Hall–Kier alpha value is -6.12. The molecule has 0 fully saturated rings. The summed E-state index contributed by atoms with van der Waals surface area (Å²) in [6.07, 6.45) is 73.1. The van der Waals surface area contributed by atoms with Crippen LogP contribution in [0.15, 0.2) is 54.6 Å². The van der Waals surface area contributed by atoms with Gasteiger partial charge in [-0.3, -0.25) is 30.3 Å². The van der Waals surface area contributed by atoms with Gasteiger partial charge in [-0.05, 0) is 93.1 Å². The standard InChI is InChI=1S/C96H162N6O9/c1-7-13-19-25-31-37-43-49-55-61-73-106-85-70-67-82(79-88(85)109-76-64-58-52-46-40-34-28-22-16-10-4)91(103)97-94-100-95(98-92(104)83-68-71-86(107-74-62-56-50-44-38-32-26-20-14-8-2)89(80-83)110-77-65-59-53-47-41-35-29-23-17-11-5)102-96(101-94)99-93(105)84-69-72-87(108-75-63-57-51-45-39-33-27-21-15-9-3)90(81-84)111-78-66-60-54-48-42-36-30-24-18-12-6/h67-72,79-81H,7-66,73-78H2,1-6H3,(H3,97,98,99,100,101,102,103,104,105). The second kappa shape index (κ2) is 69.4. The summed E-state index contributed by atoms with van der Waals surface area (Å²) < 4.78 is 38.7. The van der Waals surface area contributed by atoms with E-state index < -0.39 is 17.7 Å². The van der Waals surface area contributed by atoms with E-state index >= 15 is 0 Å². The van der Waals surface area contributed by atoms with Gasteiger partial charge in [0, 0.05) is 16.7 Å². The van der Waals surface area contributed by atoms with Crippen LogP contribution in [0.1, 0.15) is 458 Å². The quantitative estimate of drug-likeness (QED) is 0.0357. The lowest BCUT2D eigenvalue weighted by atomic mass is 10.1. The molecule has 3 aromatic carbocycles. The van der Waals surface area contributed by atoms with E-state index in [1.807, 2.05) is 0 Å². The van der Waals surface area contributed by atoms with Crippen LogP contribution >= 0.6 is 0 Å². The Balaban J connectivity index is 1.63. The number of unbranched alkanes of at least 4 members (excludes halogenated alkanes) is 54. The maximum Gasteiger partial charge on any atom is 0.258 e. The third-order valence-electron chi connectivity index (χ3n) is 21.5. The first kappa shape index (κ1) is 97.2. The van der Waals surface area contributed by atoms with Gasteiger partial charge >= 0.3 is 0 Å². The molecule has 15 heteroatoms. The molecule has 0 spiro atoms. The fourth-order valence-corrected chi connectivity index (χ4v) is 14.3. The Morgan fingerprint density at radius 1 is 0.207 bits per heavy atom. The zero-order valence-corrected chi connectivity index (χ0v) is 71.9. The van der Waals surface area contributed by atoms with Crippen LogP contribution in [0.5, 0.6) is 34.5 Å². The molecule has 15 nitrogen and oxygen atoms in total. The third-order valence-corrected chi connectivity index (χ3v) is 21.5. The molecule has 4 aromatic rings. The van der Waals surface area contributed by atoms with Crippen molar-refractivity contribution in [1.82, 2.24) is 15.0 Å². The summed E-state index contributed by atoms with van der Waals surface area (Å²) in [5.41, 5.74) is 0.868. The number of carbonyl (C=O) groups is 3. The van der Waals surface area contributed by atoms with Crippen molar-refractivity contribution >= 4 is 35.6 Å². The number of benzene rings is 3. The van der Waals surface area contributed by atoms with Crippen LogP contribution in [0.3, 0.4) is 0 Å². The molecule has 0 radical (unpaired) electrons. The van der Waals surface area contributed by atoms with Crippen molar-refractivity contribution < 1.29 is 42.8 Å². The van der Waals surface area contributed by atoms with Crippen molar-refractivity contribution in [2.24, 2.45) is 0 Å². The second-order valence-electron chi connectivity index (χ2n) is 31.8. The molecule has 0 unspecified atom stereocenters. The minimum Gasteiger partial charge on any atom is -0.490 e.